The maximum absolute atomic E-state index is 6.20. The van der Waals surface area contributed by atoms with E-state index in [0.29, 0.717) is 11.6 Å². The summed E-state index contributed by atoms with van der Waals surface area (Å²) in [6.07, 6.45) is 2.07. The van der Waals surface area contributed by atoms with Crippen LogP contribution in [0.3, 0.4) is 0 Å². The van der Waals surface area contributed by atoms with E-state index in [1.54, 1.807) is 0 Å². The van der Waals surface area contributed by atoms with Crippen LogP contribution in [0, 0.1) is 11.8 Å². The Morgan fingerprint density at radius 2 is 1.82 bits per heavy atom. The zero-order chi connectivity index (χ0) is 14.7. The van der Waals surface area contributed by atoms with Crippen molar-refractivity contribution in [1.29, 1.82) is 0 Å². The summed E-state index contributed by atoms with van der Waals surface area (Å²) in [7, 11) is 0. The second-order valence-corrected chi connectivity index (χ2v) is 5.17. The first-order chi connectivity index (χ1) is 10.3. The minimum absolute atomic E-state index is 0. The highest BCUT2D eigenvalue weighted by molar-refractivity contribution is 6.31. The van der Waals surface area contributed by atoms with Crippen molar-refractivity contribution in [3.05, 3.63) is 76.3 Å². The molecule has 1 heterocycles. The molecule has 0 saturated heterocycles. The number of rotatable bonds is 1. The van der Waals surface area contributed by atoms with Crippen molar-refractivity contribution in [2.45, 2.75) is 6.92 Å². The Morgan fingerprint density at radius 1 is 1.05 bits per heavy atom. The van der Waals surface area contributed by atoms with Gasteiger partial charge in [0.25, 0.3) is 0 Å². The van der Waals surface area contributed by atoms with Crippen LogP contribution >= 0.6 is 24.0 Å². The van der Waals surface area contributed by atoms with E-state index in [0.717, 1.165) is 28.0 Å². The summed E-state index contributed by atoms with van der Waals surface area (Å²) in [6.45, 7) is 2.47. The Hall–Kier alpha value is -2.01. The van der Waals surface area contributed by atoms with Crippen molar-refractivity contribution >= 4 is 35.3 Å². The van der Waals surface area contributed by atoms with Crippen LogP contribution in [0.2, 0.25) is 5.02 Å². The van der Waals surface area contributed by atoms with Gasteiger partial charge in [-0.3, -0.25) is 4.99 Å². The molecule has 0 radical (unpaired) electrons. The number of hydrogen-bond acceptors (Lipinski definition) is 1. The quantitative estimate of drug-likeness (QED) is 0.652. The minimum atomic E-state index is 0. The van der Waals surface area contributed by atoms with Crippen LogP contribution in [-0.2, 0) is 0 Å². The average Bonchev–Trinajstić information content (AvgIpc) is 2.68. The Morgan fingerprint density at radius 3 is 2.55 bits per heavy atom. The number of aliphatic imine (C=N–C) groups is 1. The highest BCUT2D eigenvalue weighted by Crippen LogP contribution is 2.27. The van der Waals surface area contributed by atoms with Gasteiger partial charge in [0.05, 0.1) is 12.3 Å². The molecule has 1 nitrogen and oxygen atoms in total. The highest BCUT2D eigenvalue weighted by atomic mass is 35.5. The van der Waals surface area contributed by atoms with Gasteiger partial charge in [0.1, 0.15) is 0 Å². The van der Waals surface area contributed by atoms with E-state index in [9.17, 15) is 0 Å². The summed E-state index contributed by atoms with van der Waals surface area (Å²) in [6, 6.07) is 16.1. The third-order valence-electron chi connectivity index (χ3n) is 3.38. The lowest BCUT2D eigenvalue weighted by atomic mass is 9.94. The Kier molecular flexibility index (Phi) is 5.44. The van der Waals surface area contributed by atoms with E-state index in [-0.39, 0.29) is 12.4 Å². The first kappa shape index (κ1) is 16.4. The predicted molar refractivity (Wildman–Crippen MR) is 97.1 cm³/mol. The molecule has 22 heavy (non-hydrogen) atoms. The van der Waals surface area contributed by atoms with Crippen molar-refractivity contribution in [2.24, 2.45) is 4.99 Å². The molecule has 0 unspecified atom stereocenters. The van der Waals surface area contributed by atoms with Gasteiger partial charge < -0.3 is 0 Å². The fourth-order valence-corrected chi connectivity index (χ4v) is 2.64. The standard InChI is InChI=1S/C19H14ClN.ClH/c1-2-6-14-11-12-21-19(15-7-4-3-5-8-15)18-13-16(20)9-10-17(14)18;/h3-5,7-11,13H,12H2,1H3;1H. The second-order valence-electron chi connectivity index (χ2n) is 4.74. The van der Waals surface area contributed by atoms with Crippen molar-refractivity contribution in [1.82, 2.24) is 0 Å². The number of halogens is 2. The third kappa shape index (κ3) is 3.25. The predicted octanol–water partition coefficient (Wildman–Crippen LogP) is 5.02. The van der Waals surface area contributed by atoms with Gasteiger partial charge in [-0.15, -0.1) is 18.3 Å². The van der Waals surface area contributed by atoms with Crippen LogP contribution in [0.15, 0.2) is 59.6 Å². The smallest absolute Gasteiger partial charge is 0.0729 e. The van der Waals surface area contributed by atoms with Crippen LogP contribution in [0.5, 0.6) is 0 Å². The first-order valence-corrected chi connectivity index (χ1v) is 7.20. The number of nitrogens with zero attached hydrogens (tertiary/aromatic N) is 1. The molecule has 1 aliphatic rings. The molecule has 0 N–H and O–H groups in total. The normalized spacial score (nSPS) is 12.6. The van der Waals surface area contributed by atoms with E-state index in [4.69, 9.17) is 16.6 Å². The summed E-state index contributed by atoms with van der Waals surface area (Å²) in [5.41, 5.74) is 5.21. The lowest BCUT2D eigenvalue weighted by Gasteiger charge is -2.11. The molecule has 0 saturated carbocycles. The minimum Gasteiger partial charge on any atom is -0.280 e. The second kappa shape index (κ2) is 7.31. The zero-order valence-corrected chi connectivity index (χ0v) is 13.7. The molecule has 110 valence electrons. The number of allylic oxidation sites excluding steroid dienone is 1. The van der Waals surface area contributed by atoms with Crippen LogP contribution < -0.4 is 0 Å². The van der Waals surface area contributed by atoms with E-state index in [2.05, 4.69) is 30.0 Å². The molecule has 3 heteroatoms. The maximum atomic E-state index is 6.20. The lowest BCUT2D eigenvalue weighted by molar-refractivity contribution is 1.25. The number of benzene rings is 2. The van der Waals surface area contributed by atoms with Gasteiger partial charge >= 0.3 is 0 Å². The van der Waals surface area contributed by atoms with Gasteiger partial charge in [-0.25, -0.2) is 0 Å². The van der Waals surface area contributed by atoms with Crippen molar-refractivity contribution in [2.75, 3.05) is 6.54 Å². The first-order valence-electron chi connectivity index (χ1n) is 6.82. The summed E-state index contributed by atoms with van der Waals surface area (Å²) in [5.74, 6) is 6.14. The van der Waals surface area contributed by atoms with Gasteiger partial charge in [0, 0.05) is 21.7 Å². The van der Waals surface area contributed by atoms with E-state index < -0.39 is 0 Å². The molecule has 0 bridgehead atoms. The molecule has 0 amide bonds. The third-order valence-corrected chi connectivity index (χ3v) is 3.61. The van der Waals surface area contributed by atoms with E-state index >= 15 is 0 Å². The average molecular weight is 328 g/mol. The summed E-state index contributed by atoms with van der Waals surface area (Å²) in [5, 5.41) is 0.711. The topological polar surface area (TPSA) is 12.4 Å². The summed E-state index contributed by atoms with van der Waals surface area (Å²) < 4.78 is 0. The Balaban J connectivity index is 0.00000176. The molecule has 0 atom stereocenters. The van der Waals surface area contributed by atoms with Crippen LogP contribution in [0.25, 0.3) is 5.57 Å². The number of fused-ring (bicyclic) bond motifs is 1. The Bertz CT molecular complexity index is 793. The molecular weight excluding hydrogens is 313 g/mol. The van der Waals surface area contributed by atoms with Crippen LogP contribution in [0.1, 0.15) is 23.6 Å². The Labute approximate surface area is 142 Å². The molecule has 0 aliphatic carbocycles. The molecule has 2 aromatic carbocycles. The van der Waals surface area contributed by atoms with Crippen molar-refractivity contribution in [3.63, 3.8) is 0 Å². The van der Waals surface area contributed by atoms with Crippen molar-refractivity contribution in [3.8, 4) is 11.8 Å². The fraction of sp³-hybridized carbons (Fsp3) is 0.105. The number of hydrogen-bond donors (Lipinski definition) is 0. The molecule has 0 spiro atoms. The van der Waals surface area contributed by atoms with Gasteiger partial charge in [-0.05, 0) is 30.7 Å². The molecule has 0 fully saturated rings. The van der Waals surface area contributed by atoms with Gasteiger partial charge in [-0.1, -0.05) is 53.9 Å². The molecule has 3 rings (SSSR count). The maximum Gasteiger partial charge on any atom is 0.0729 e. The molecular formula is C19H15Cl2N. The van der Waals surface area contributed by atoms with Crippen LogP contribution in [0.4, 0.5) is 0 Å². The largest absolute Gasteiger partial charge is 0.280 e. The molecule has 1 aliphatic heterocycles. The van der Waals surface area contributed by atoms with Crippen LogP contribution in [-0.4, -0.2) is 12.3 Å². The van der Waals surface area contributed by atoms with Gasteiger partial charge in [0.2, 0.25) is 0 Å². The zero-order valence-electron chi connectivity index (χ0n) is 12.1. The van der Waals surface area contributed by atoms with Gasteiger partial charge in [-0.2, -0.15) is 0 Å². The highest BCUT2D eigenvalue weighted by Gasteiger charge is 2.16. The SMILES string of the molecule is CC#CC1=CCN=C(c2ccccc2)c2cc(Cl)ccc21.Cl. The van der Waals surface area contributed by atoms with Gasteiger partial charge in [0.15, 0.2) is 0 Å². The fourth-order valence-electron chi connectivity index (χ4n) is 2.47. The molecule has 0 aromatic heterocycles. The molecule has 2 aromatic rings. The van der Waals surface area contributed by atoms with E-state index in [1.807, 2.05) is 43.3 Å². The summed E-state index contributed by atoms with van der Waals surface area (Å²) >= 11 is 6.20. The monoisotopic (exact) mass is 327 g/mol. The van der Waals surface area contributed by atoms with Crippen molar-refractivity contribution < 1.29 is 0 Å². The lowest BCUT2D eigenvalue weighted by Crippen LogP contribution is -2.06. The van der Waals surface area contributed by atoms with E-state index in [1.165, 1.54) is 0 Å². The summed E-state index contributed by atoms with van der Waals surface area (Å²) in [4.78, 5) is 4.72.